The highest BCUT2D eigenvalue weighted by atomic mass is 127. The van der Waals surface area contributed by atoms with Crippen LogP contribution in [-0.4, -0.2) is 36.9 Å². The number of hydrogen-bond donors (Lipinski definition) is 1. The molecule has 0 amide bonds. The summed E-state index contributed by atoms with van der Waals surface area (Å²) in [4.78, 5) is 15.9. The quantitative estimate of drug-likeness (QED) is 0.104. The number of furan rings is 1. The van der Waals surface area contributed by atoms with Gasteiger partial charge in [-0.2, -0.15) is 0 Å². The first-order valence-corrected chi connectivity index (χ1v) is 17.6. The smallest absolute Gasteiger partial charge is 0.197 e. The number of anilines is 2. The van der Waals surface area contributed by atoms with Crippen molar-refractivity contribution >= 4 is 73.3 Å². The van der Waals surface area contributed by atoms with Crippen molar-refractivity contribution in [3.05, 3.63) is 109 Å². The van der Waals surface area contributed by atoms with Crippen molar-refractivity contribution in [1.29, 1.82) is 0 Å². The fourth-order valence-electron chi connectivity index (χ4n) is 5.23. The van der Waals surface area contributed by atoms with Crippen LogP contribution in [-0.2, 0) is 6.42 Å². The van der Waals surface area contributed by atoms with E-state index in [0.29, 0.717) is 17.7 Å². The van der Waals surface area contributed by atoms with Crippen molar-refractivity contribution in [2.24, 2.45) is 0 Å². The third-order valence-corrected chi connectivity index (χ3v) is 9.33. The zero-order valence-electron chi connectivity index (χ0n) is 25.9. The molecular formula is C37H38I2N2O4. The Morgan fingerprint density at radius 1 is 0.844 bits per heavy atom. The number of para-hydroxylation sites is 5. The molecule has 0 bridgehead atoms. The molecule has 1 aliphatic rings. The molecule has 2 heterocycles. The number of ketones is 1. The number of likely N-dealkylation sites (N-methyl/N-ethyl adjacent to an activating group) is 1. The minimum atomic E-state index is 0.0153. The summed E-state index contributed by atoms with van der Waals surface area (Å²) in [5.41, 5.74) is 4.19. The number of unbranched alkanes of at least 4 members (excludes halogenated alkanes) is 1. The maximum atomic E-state index is 13.6. The molecule has 1 aromatic heterocycles. The fraction of sp³-hybridized carbons (Fsp3) is 0.270. The summed E-state index contributed by atoms with van der Waals surface area (Å²) in [6.45, 7) is 10.0. The average molecular weight is 829 g/mol. The minimum absolute atomic E-state index is 0.0153. The maximum absolute atomic E-state index is 13.6. The molecule has 8 heteroatoms. The van der Waals surface area contributed by atoms with Crippen LogP contribution in [0.2, 0.25) is 0 Å². The number of carbonyl (C=O) groups is 1. The van der Waals surface area contributed by atoms with Crippen molar-refractivity contribution in [1.82, 2.24) is 4.90 Å². The lowest BCUT2D eigenvalue weighted by atomic mass is 9.98. The van der Waals surface area contributed by atoms with E-state index in [0.717, 1.165) is 91.4 Å². The Labute approximate surface area is 292 Å². The Morgan fingerprint density at radius 2 is 1.44 bits per heavy atom. The normalized spacial score (nSPS) is 11.6. The van der Waals surface area contributed by atoms with E-state index >= 15 is 0 Å². The predicted octanol–water partition coefficient (Wildman–Crippen LogP) is 10.5. The molecule has 0 unspecified atom stereocenters. The number of aryl methyl sites for hydroxylation is 1. The topological polar surface area (TPSA) is 63.9 Å². The molecule has 234 valence electrons. The number of hydrogen-bond acceptors (Lipinski definition) is 6. The van der Waals surface area contributed by atoms with Crippen LogP contribution in [0.5, 0.6) is 17.2 Å². The van der Waals surface area contributed by atoms with E-state index in [4.69, 9.17) is 13.9 Å². The molecule has 0 saturated heterocycles. The number of rotatable bonds is 11. The zero-order valence-corrected chi connectivity index (χ0v) is 30.2. The summed E-state index contributed by atoms with van der Waals surface area (Å²) < 4.78 is 19.8. The van der Waals surface area contributed by atoms with Gasteiger partial charge in [-0.1, -0.05) is 69.7 Å². The molecule has 0 spiro atoms. The summed E-state index contributed by atoms with van der Waals surface area (Å²) in [5, 5.41) is 4.21. The first-order valence-electron chi connectivity index (χ1n) is 15.5. The van der Waals surface area contributed by atoms with Gasteiger partial charge in [0, 0.05) is 23.9 Å². The molecule has 0 saturated carbocycles. The minimum Gasteiger partial charge on any atom is -0.490 e. The average Bonchev–Trinajstić information content (AvgIpc) is 3.44. The van der Waals surface area contributed by atoms with E-state index in [1.54, 1.807) is 0 Å². The number of ether oxygens (including phenoxy) is 2. The third-order valence-electron chi connectivity index (χ3n) is 7.73. The number of nitrogens with zero attached hydrogens (tertiary/aromatic N) is 1. The van der Waals surface area contributed by atoms with Gasteiger partial charge in [-0.25, -0.2) is 0 Å². The van der Waals surface area contributed by atoms with Gasteiger partial charge in [0.05, 0.1) is 24.1 Å². The van der Waals surface area contributed by atoms with Crippen LogP contribution in [0, 0.1) is 7.14 Å². The van der Waals surface area contributed by atoms with Crippen molar-refractivity contribution < 1.29 is 18.7 Å². The van der Waals surface area contributed by atoms with E-state index in [9.17, 15) is 4.79 Å². The monoisotopic (exact) mass is 828 g/mol. The fourth-order valence-corrected chi connectivity index (χ4v) is 7.31. The van der Waals surface area contributed by atoms with Gasteiger partial charge >= 0.3 is 0 Å². The van der Waals surface area contributed by atoms with Crippen LogP contribution in [0.15, 0.2) is 89.3 Å². The lowest BCUT2D eigenvalue weighted by Gasteiger charge is -2.20. The van der Waals surface area contributed by atoms with E-state index in [1.165, 1.54) is 0 Å². The molecule has 6 rings (SSSR count). The van der Waals surface area contributed by atoms with Crippen molar-refractivity contribution in [3.8, 4) is 17.2 Å². The van der Waals surface area contributed by atoms with Crippen LogP contribution in [0.25, 0.3) is 11.0 Å². The molecule has 4 aromatic carbocycles. The summed E-state index contributed by atoms with van der Waals surface area (Å²) in [7, 11) is 0. The Morgan fingerprint density at radius 3 is 2.07 bits per heavy atom. The number of benzene rings is 4. The molecular weight excluding hydrogens is 790 g/mol. The second kappa shape index (κ2) is 16.0. The van der Waals surface area contributed by atoms with Gasteiger partial charge in [-0.3, -0.25) is 4.79 Å². The van der Waals surface area contributed by atoms with Crippen LogP contribution in [0.3, 0.4) is 0 Å². The van der Waals surface area contributed by atoms with E-state index < -0.39 is 0 Å². The van der Waals surface area contributed by atoms with Crippen molar-refractivity contribution in [2.75, 3.05) is 31.6 Å². The van der Waals surface area contributed by atoms with Gasteiger partial charge in [-0.15, -0.1) is 0 Å². The number of nitrogens with one attached hydrogen (secondary N) is 1. The highest BCUT2D eigenvalue weighted by Crippen LogP contribution is 2.41. The van der Waals surface area contributed by atoms with Gasteiger partial charge < -0.3 is 24.1 Å². The van der Waals surface area contributed by atoms with Gasteiger partial charge in [0.2, 0.25) is 0 Å². The summed E-state index contributed by atoms with van der Waals surface area (Å²) in [6, 6.07) is 27.5. The Bertz CT molecular complexity index is 1650. The number of halogens is 2. The van der Waals surface area contributed by atoms with Gasteiger partial charge in [0.25, 0.3) is 0 Å². The van der Waals surface area contributed by atoms with E-state index in [1.807, 2.05) is 84.9 Å². The van der Waals surface area contributed by atoms with Gasteiger partial charge in [0.15, 0.2) is 17.3 Å². The zero-order chi connectivity index (χ0) is 31.8. The first kappa shape index (κ1) is 33.3. The lowest BCUT2D eigenvalue weighted by molar-refractivity contribution is 0.103. The Hall–Kier alpha value is -3.09. The molecule has 0 atom stereocenters. The molecule has 0 aliphatic carbocycles. The second-order valence-electron chi connectivity index (χ2n) is 10.7. The second-order valence-corrected chi connectivity index (χ2v) is 13.0. The molecule has 6 nitrogen and oxygen atoms in total. The van der Waals surface area contributed by atoms with Gasteiger partial charge in [-0.05, 0) is 107 Å². The summed E-state index contributed by atoms with van der Waals surface area (Å²) in [6.07, 6.45) is 2.82. The SMILES string of the molecule is CCCCc1oc2ccccc2c1C(=O)c1cc(I)c(OCCN(CC)CC)c(I)c1.c1ccc2c(c1)Nc1ccccc1O2. The molecule has 1 aliphatic heterocycles. The Kier molecular flexibility index (Phi) is 11.8. The van der Waals surface area contributed by atoms with Crippen LogP contribution >= 0.6 is 45.2 Å². The highest BCUT2D eigenvalue weighted by Gasteiger charge is 2.23. The first-order chi connectivity index (χ1) is 21.9. The van der Waals surface area contributed by atoms with E-state index in [2.05, 4.69) is 76.2 Å². The molecule has 0 radical (unpaired) electrons. The number of fused-ring (bicyclic) bond motifs is 3. The Balaban J connectivity index is 0.000000235. The largest absolute Gasteiger partial charge is 0.490 e. The summed E-state index contributed by atoms with van der Waals surface area (Å²) >= 11 is 4.54. The van der Waals surface area contributed by atoms with Gasteiger partial charge in [0.1, 0.15) is 23.7 Å². The summed E-state index contributed by atoms with van der Waals surface area (Å²) in [5.74, 6) is 3.42. The van der Waals surface area contributed by atoms with Crippen molar-refractivity contribution in [2.45, 2.75) is 40.0 Å². The molecule has 45 heavy (non-hydrogen) atoms. The lowest BCUT2D eigenvalue weighted by Crippen LogP contribution is -2.28. The standard InChI is InChI=1S/C25H29I2NO3.C12H9NO/c1-4-7-11-22-23(18-10-8-9-12-21(18)31-22)24(29)17-15-19(26)25(20(27)16-17)30-14-13-28(5-2)6-3;1-3-7-11-9(5-1)13-10-6-2-4-8-12(10)14-11/h8-10,12,15-16H,4-7,11,13-14H2,1-3H3;1-8,13H. The predicted molar refractivity (Wildman–Crippen MR) is 200 cm³/mol. The van der Waals surface area contributed by atoms with E-state index in [-0.39, 0.29) is 5.78 Å². The van der Waals surface area contributed by atoms with Crippen LogP contribution < -0.4 is 14.8 Å². The molecule has 0 fully saturated rings. The molecule has 5 aromatic rings. The maximum Gasteiger partial charge on any atom is 0.197 e. The van der Waals surface area contributed by atoms with Crippen molar-refractivity contribution in [3.63, 3.8) is 0 Å². The van der Waals surface area contributed by atoms with Crippen LogP contribution in [0.1, 0.15) is 55.3 Å². The number of carbonyl (C=O) groups excluding carboxylic acids is 1. The van der Waals surface area contributed by atoms with Crippen LogP contribution in [0.4, 0.5) is 11.4 Å². The molecule has 1 N–H and O–H groups in total. The highest BCUT2D eigenvalue weighted by molar-refractivity contribution is 14.1. The third kappa shape index (κ3) is 8.01.